The normalized spacial score (nSPS) is 15.7. The lowest BCUT2D eigenvalue weighted by Gasteiger charge is -2.26. The van der Waals surface area contributed by atoms with Crippen LogP contribution in [0.4, 0.5) is 8.78 Å². The van der Waals surface area contributed by atoms with Crippen molar-refractivity contribution in [2.75, 3.05) is 0 Å². The molecule has 0 bridgehead atoms. The van der Waals surface area contributed by atoms with Gasteiger partial charge in [0.25, 0.3) is 0 Å². The maximum Gasteiger partial charge on any atom is 0.163 e. The Morgan fingerprint density at radius 3 is 2.41 bits per heavy atom. The van der Waals surface area contributed by atoms with Gasteiger partial charge in [-0.3, -0.25) is 0 Å². The molecule has 0 spiro atoms. The Morgan fingerprint density at radius 1 is 1.29 bits per heavy atom. The standard InChI is InChI=1S/C12H17F2NOS/c1-8(15-17(16)12(2,3)4)9-6-5-7-10(13)11(9)14/h5-8,15H,1-4H3/t8?,17-/m0/s1. The summed E-state index contributed by atoms with van der Waals surface area (Å²) in [6.07, 6.45) is 0. The molecule has 0 heterocycles. The summed E-state index contributed by atoms with van der Waals surface area (Å²) in [7, 11) is 0. The fourth-order valence-electron chi connectivity index (χ4n) is 1.26. The van der Waals surface area contributed by atoms with Gasteiger partial charge in [0.2, 0.25) is 0 Å². The molecule has 5 heteroatoms. The first kappa shape index (κ1) is 14.4. The Hall–Kier alpha value is -0.650. The lowest BCUT2D eigenvalue weighted by atomic mass is 10.1. The lowest BCUT2D eigenvalue weighted by molar-refractivity contribution is 0.482. The highest BCUT2D eigenvalue weighted by Gasteiger charge is 2.29. The fraction of sp³-hybridized carbons (Fsp3) is 0.500. The number of nitrogens with one attached hydrogen (secondary N) is 1. The van der Waals surface area contributed by atoms with Crippen molar-refractivity contribution in [3.05, 3.63) is 35.4 Å². The van der Waals surface area contributed by atoms with Gasteiger partial charge in [0.05, 0.1) is 6.04 Å². The summed E-state index contributed by atoms with van der Waals surface area (Å²) in [5.74, 6) is -1.78. The van der Waals surface area contributed by atoms with E-state index < -0.39 is 33.8 Å². The second-order valence-corrected chi connectivity index (χ2v) is 6.86. The third kappa shape index (κ3) is 3.66. The van der Waals surface area contributed by atoms with Crippen LogP contribution >= 0.6 is 0 Å². The van der Waals surface area contributed by atoms with E-state index in [9.17, 15) is 13.3 Å². The molecule has 0 aliphatic carbocycles. The van der Waals surface area contributed by atoms with Crippen molar-refractivity contribution in [1.29, 1.82) is 0 Å². The number of halogens is 2. The van der Waals surface area contributed by atoms with Crippen molar-refractivity contribution in [2.24, 2.45) is 0 Å². The van der Waals surface area contributed by atoms with Gasteiger partial charge in [-0.05, 0) is 33.8 Å². The second-order valence-electron chi connectivity index (χ2n) is 4.86. The van der Waals surface area contributed by atoms with Crippen LogP contribution in [-0.2, 0) is 11.4 Å². The molecule has 0 radical (unpaired) electrons. The Labute approximate surface area is 104 Å². The first-order valence-corrected chi connectivity index (χ1v) is 6.50. The van der Waals surface area contributed by atoms with Crippen molar-refractivity contribution in [3.63, 3.8) is 0 Å². The average molecular weight is 261 g/mol. The van der Waals surface area contributed by atoms with Gasteiger partial charge in [0.1, 0.15) is 4.75 Å². The van der Waals surface area contributed by atoms with Gasteiger partial charge < -0.3 is 4.55 Å². The van der Waals surface area contributed by atoms with Crippen LogP contribution in [0.5, 0.6) is 0 Å². The SMILES string of the molecule is CC(N[S@@+]([O-])C(C)(C)C)c1cccc(F)c1F. The summed E-state index contributed by atoms with van der Waals surface area (Å²) in [6, 6.07) is 3.47. The molecule has 1 rings (SSSR count). The minimum Gasteiger partial charge on any atom is -0.598 e. The monoisotopic (exact) mass is 261 g/mol. The Bertz CT molecular complexity index is 393. The van der Waals surface area contributed by atoms with Crippen LogP contribution in [0.2, 0.25) is 0 Å². The maximum atomic E-state index is 13.5. The minimum atomic E-state index is -1.32. The first-order valence-electron chi connectivity index (χ1n) is 5.35. The number of rotatable bonds is 3. The van der Waals surface area contributed by atoms with Crippen molar-refractivity contribution >= 4 is 11.4 Å². The summed E-state index contributed by atoms with van der Waals surface area (Å²) < 4.78 is 40.7. The molecule has 1 aromatic rings. The van der Waals surface area contributed by atoms with Gasteiger partial charge in [-0.25, -0.2) is 8.78 Å². The molecule has 0 aliphatic heterocycles. The third-order valence-corrected chi connectivity index (χ3v) is 3.97. The van der Waals surface area contributed by atoms with Crippen LogP contribution in [0.1, 0.15) is 39.3 Å². The van der Waals surface area contributed by atoms with E-state index in [0.717, 1.165) is 6.07 Å². The molecule has 0 aliphatic rings. The van der Waals surface area contributed by atoms with E-state index in [1.54, 1.807) is 6.92 Å². The predicted molar refractivity (Wildman–Crippen MR) is 65.8 cm³/mol. The Morgan fingerprint density at radius 2 is 1.88 bits per heavy atom. The average Bonchev–Trinajstić information content (AvgIpc) is 2.20. The van der Waals surface area contributed by atoms with Gasteiger partial charge in [0.15, 0.2) is 11.6 Å². The maximum absolute atomic E-state index is 13.5. The fourth-order valence-corrected chi connectivity index (χ4v) is 2.06. The molecule has 1 N–H and O–H groups in total. The van der Waals surface area contributed by atoms with E-state index in [2.05, 4.69) is 4.72 Å². The molecule has 1 aromatic carbocycles. The zero-order valence-corrected chi connectivity index (χ0v) is 11.2. The van der Waals surface area contributed by atoms with Crippen LogP contribution in [0.15, 0.2) is 18.2 Å². The summed E-state index contributed by atoms with van der Waals surface area (Å²) in [4.78, 5) is 0. The summed E-state index contributed by atoms with van der Waals surface area (Å²) in [5.41, 5.74) is 0.183. The van der Waals surface area contributed by atoms with Crippen LogP contribution in [0.25, 0.3) is 0 Å². The number of benzene rings is 1. The van der Waals surface area contributed by atoms with Gasteiger partial charge in [-0.15, -0.1) is 4.72 Å². The molecule has 0 saturated heterocycles. The van der Waals surface area contributed by atoms with Crippen LogP contribution in [0.3, 0.4) is 0 Å². The van der Waals surface area contributed by atoms with E-state index in [1.807, 2.05) is 20.8 Å². The molecule has 2 nitrogen and oxygen atoms in total. The van der Waals surface area contributed by atoms with E-state index in [4.69, 9.17) is 0 Å². The van der Waals surface area contributed by atoms with Crippen molar-refractivity contribution in [3.8, 4) is 0 Å². The molecule has 17 heavy (non-hydrogen) atoms. The minimum absolute atomic E-state index is 0.183. The second kappa shape index (κ2) is 5.33. The van der Waals surface area contributed by atoms with Crippen molar-refractivity contribution < 1.29 is 13.3 Å². The van der Waals surface area contributed by atoms with E-state index in [-0.39, 0.29) is 5.56 Å². The first-order chi connectivity index (χ1) is 7.73. The lowest BCUT2D eigenvalue weighted by Crippen LogP contribution is -2.40. The van der Waals surface area contributed by atoms with E-state index >= 15 is 0 Å². The zero-order valence-electron chi connectivity index (χ0n) is 10.4. The number of hydrogen-bond acceptors (Lipinski definition) is 2. The Kier molecular flexibility index (Phi) is 4.52. The molecule has 1 unspecified atom stereocenters. The molecule has 0 amide bonds. The molecule has 0 aromatic heterocycles. The topological polar surface area (TPSA) is 35.1 Å². The molecular formula is C12H17F2NOS. The van der Waals surface area contributed by atoms with Gasteiger partial charge in [0, 0.05) is 16.9 Å². The summed E-state index contributed by atoms with van der Waals surface area (Å²) >= 11 is -1.32. The van der Waals surface area contributed by atoms with Crippen LogP contribution in [0, 0.1) is 11.6 Å². The molecule has 96 valence electrons. The smallest absolute Gasteiger partial charge is 0.163 e. The van der Waals surface area contributed by atoms with Gasteiger partial charge in [-0.1, -0.05) is 12.1 Å². The highest BCUT2D eigenvalue weighted by molar-refractivity contribution is 7.90. The van der Waals surface area contributed by atoms with Crippen LogP contribution < -0.4 is 4.72 Å². The van der Waals surface area contributed by atoms with Crippen molar-refractivity contribution in [2.45, 2.75) is 38.5 Å². The van der Waals surface area contributed by atoms with Gasteiger partial charge >= 0.3 is 0 Å². The molecular weight excluding hydrogens is 244 g/mol. The quantitative estimate of drug-likeness (QED) is 0.849. The summed E-state index contributed by atoms with van der Waals surface area (Å²) in [6.45, 7) is 7.09. The highest BCUT2D eigenvalue weighted by atomic mass is 32.2. The highest BCUT2D eigenvalue weighted by Crippen LogP contribution is 2.22. The number of hydrogen-bond donors (Lipinski definition) is 1. The predicted octanol–water partition coefficient (Wildman–Crippen LogP) is 3.08. The molecule has 0 saturated carbocycles. The third-order valence-electron chi connectivity index (χ3n) is 2.29. The van der Waals surface area contributed by atoms with Crippen LogP contribution in [-0.4, -0.2) is 9.30 Å². The van der Waals surface area contributed by atoms with E-state index in [0.29, 0.717) is 0 Å². The van der Waals surface area contributed by atoms with Crippen molar-refractivity contribution in [1.82, 2.24) is 4.72 Å². The van der Waals surface area contributed by atoms with Gasteiger partial charge in [-0.2, -0.15) is 0 Å². The molecule has 0 fully saturated rings. The molecule has 2 atom stereocenters. The van der Waals surface area contributed by atoms with E-state index in [1.165, 1.54) is 12.1 Å². The summed E-state index contributed by atoms with van der Waals surface area (Å²) in [5, 5.41) is 0. The largest absolute Gasteiger partial charge is 0.598 e. The zero-order chi connectivity index (χ0) is 13.2. The Balaban J connectivity index is 2.84.